The Bertz CT molecular complexity index is 953. The number of carbonyl (C=O) groups is 1. The first-order valence-electron chi connectivity index (χ1n) is 9.61. The molecule has 2 aromatic carbocycles. The summed E-state index contributed by atoms with van der Waals surface area (Å²) in [5, 5.41) is 51.7. The van der Waals surface area contributed by atoms with Crippen LogP contribution in [0.25, 0.3) is 0 Å². The number of carbonyl (C=O) groups excluding carboxylic acids is 1. The van der Waals surface area contributed by atoms with E-state index in [0.717, 1.165) is 11.1 Å². The van der Waals surface area contributed by atoms with Crippen LogP contribution in [0.5, 0.6) is 28.7 Å². The maximum Gasteiger partial charge on any atom is 0.231 e. The summed E-state index contributed by atoms with van der Waals surface area (Å²) in [6.45, 7) is -0.367. The Balaban J connectivity index is 1.89. The van der Waals surface area contributed by atoms with Gasteiger partial charge in [0.1, 0.15) is 0 Å². The minimum Gasteiger partial charge on any atom is -0.504 e. The number of hydrogen-bond acceptors (Lipinski definition) is 8. The quantitative estimate of drug-likeness (QED) is 0.387. The summed E-state index contributed by atoms with van der Waals surface area (Å²) in [4.78, 5) is 13.0. The van der Waals surface area contributed by atoms with Crippen molar-refractivity contribution < 1.29 is 39.8 Å². The van der Waals surface area contributed by atoms with Gasteiger partial charge in [0.15, 0.2) is 28.7 Å². The monoisotopic (exact) mass is 417 g/mol. The molecule has 6 N–H and O–H groups in total. The molecule has 30 heavy (non-hydrogen) atoms. The molecule has 3 atom stereocenters. The number of hydrogen-bond donors (Lipinski definition) is 6. The Morgan fingerprint density at radius 2 is 1.70 bits per heavy atom. The molecule has 1 heterocycles. The minimum absolute atomic E-state index is 0.0558. The van der Waals surface area contributed by atoms with Crippen LogP contribution in [0.3, 0.4) is 0 Å². The van der Waals surface area contributed by atoms with Crippen LogP contribution < -0.4 is 14.8 Å². The molecule has 1 amide bonds. The van der Waals surface area contributed by atoms with Crippen LogP contribution >= 0.6 is 0 Å². The van der Waals surface area contributed by atoms with E-state index in [0.29, 0.717) is 23.5 Å². The molecule has 9 heteroatoms. The second-order valence-electron chi connectivity index (χ2n) is 7.48. The average molecular weight is 417 g/mol. The van der Waals surface area contributed by atoms with Crippen LogP contribution in [-0.2, 0) is 11.2 Å². The fourth-order valence-corrected chi connectivity index (χ4v) is 4.37. The van der Waals surface area contributed by atoms with Gasteiger partial charge in [-0.3, -0.25) is 4.79 Å². The number of aliphatic hydroxyl groups is 2. The first-order chi connectivity index (χ1) is 14.4. The van der Waals surface area contributed by atoms with E-state index in [9.17, 15) is 25.2 Å². The Kier molecular flexibility index (Phi) is 5.31. The predicted molar refractivity (Wildman–Crippen MR) is 104 cm³/mol. The van der Waals surface area contributed by atoms with Gasteiger partial charge in [0, 0.05) is 19.1 Å². The highest BCUT2D eigenvalue weighted by molar-refractivity contribution is 5.82. The number of phenolic OH excluding ortho intramolecular Hbond substituents is 3. The van der Waals surface area contributed by atoms with E-state index in [-0.39, 0.29) is 32.5 Å². The van der Waals surface area contributed by atoms with Crippen molar-refractivity contribution in [2.75, 3.05) is 26.6 Å². The van der Waals surface area contributed by atoms with Crippen molar-refractivity contribution in [3.05, 3.63) is 41.0 Å². The lowest BCUT2D eigenvalue weighted by molar-refractivity contribution is -0.128. The predicted octanol–water partition coefficient (Wildman–Crippen LogP) is 0.553. The summed E-state index contributed by atoms with van der Waals surface area (Å²) >= 11 is 0. The van der Waals surface area contributed by atoms with Crippen LogP contribution in [0.15, 0.2) is 24.3 Å². The van der Waals surface area contributed by atoms with Crippen molar-refractivity contribution >= 4 is 5.91 Å². The molecular formula is C21H23NO8. The number of aliphatic hydroxyl groups excluding tert-OH is 2. The molecule has 0 aromatic heterocycles. The van der Waals surface area contributed by atoms with Crippen molar-refractivity contribution in [2.24, 2.45) is 11.8 Å². The second-order valence-corrected chi connectivity index (χ2v) is 7.48. The summed E-state index contributed by atoms with van der Waals surface area (Å²) in [6, 6.07) is 6.17. The Labute approximate surface area is 172 Å². The van der Waals surface area contributed by atoms with E-state index < -0.39 is 35.0 Å². The van der Waals surface area contributed by atoms with Crippen molar-refractivity contribution in [2.45, 2.75) is 12.3 Å². The summed E-state index contributed by atoms with van der Waals surface area (Å²) in [7, 11) is 0. The number of ether oxygens (including phenoxy) is 2. The first kappa shape index (κ1) is 20.1. The van der Waals surface area contributed by atoms with Gasteiger partial charge in [-0.25, -0.2) is 0 Å². The highest BCUT2D eigenvalue weighted by Crippen LogP contribution is 2.50. The number of phenols is 3. The van der Waals surface area contributed by atoms with Crippen molar-refractivity contribution in [1.82, 2.24) is 5.32 Å². The van der Waals surface area contributed by atoms with Gasteiger partial charge in [-0.05, 0) is 53.3 Å². The normalized spacial score (nSPS) is 21.9. The zero-order valence-electron chi connectivity index (χ0n) is 16.0. The Morgan fingerprint density at radius 1 is 1.03 bits per heavy atom. The van der Waals surface area contributed by atoms with Crippen LogP contribution in [0.1, 0.15) is 22.6 Å². The van der Waals surface area contributed by atoms with E-state index >= 15 is 0 Å². The third-order valence-corrected chi connectivity index (χ3v) is 5.72. The summed E-state index contributed by atoms with van der Waals surface area (Å²) in [5.74, 6) is -2.84. The molecule has 4 rings (SSSR count). The highest BCUT2D eigenvalue weighted by Gasteiger charge is 2.43. The number of nitrogens with one attached hydrogen (secondary N) is 1. The Hall–Kier alpha value is -3.17. The molecular weight excluding hydrogens is 394 g/mol. The molecule has 0 spiro atoms. The first-order valence-corrected chi connectivity index (χ1v) is 9.61. The van der Waals surface area contributed by atoms with E-state index in [1.165, 1.54) is 12.1 Å². The third-order valence-electron chi connectivity index (χ3n) is 5.72. The van der Waals surface area contributed by atoms with Gasteiger partial charge in [0.25, 0.3) is 0 Å². The summed E-state index contributed by atoms with van der Waals surface area (Å²) in [6.07, 6.45) is 0.409. The molecule has 2 aromatic rings. The molecule has 0 fully saturated rings. The molecule has 1 aliphatic heterocycles. The number of benzene rings is 2. The van der Waals surface area contributed by atoms with Crippen molar-refractivity contribution in [1.29, 1.82) is 0 Å². The lowest BCUT2D eigenvalue weighted by Crippen LogP contribution is -2.44. The van der Waals surface area contributed by atoms with Crippen molar-refractivity contribution in [3.63, 3.8) is 0 Å². The van der Waals surface area contributed by atoms with E-state index in [4.69, 9.17) is 14.6 Å². The molecule has 0 saturated carbocycles. The lowest BCUT2D eigenvalue weighted by atomic mass is 9.66. The average Bonchev–Trinajstić information content (AvgIpc) is 3.19. The molecule has 2 aliphatic rings. The van der Waals surface area contributed by atoms with Crippen LogP contribution in [0, 0.1) is 11.8 Å². The number of aromatic hydroxyl groups is 3. The SMILES string of the molecule is O=C(NCCO)[C@@H]1[C@H](CO)Cc2cc3c(cc2[C@H]1c1cc(O)c(O)c(O)c1)OCO3. The maximum absolute atomic E-state index is 13.0. The van der Waals surface area contributed by atoms with Gasteiger partial charge in [0.2, 0.25) is 12.7 Å². The zero-order valence-corrected chi connectivity index (χ0v) is 16.0. The van der Waals surface area contributed by atoms with Crippen molar-refractivity contribution in [3.8, 4) is 28.7 Å². The molecule has 0 unspecified atom stereocenters. The van der Waals surface area contributed by atoms with Gasteiger partial charge in [-0.1, -0.05) is 0 Å². The molecule has 0 saturated heterocycles. The second kappa shape index (κ2) is 7.92. The maximum atomic E-state index is 13.0. The molecule has 9 nitrogen and oxygen atoms in total. The van der Waals surface area contributed by atoms with Gasteiger partial charge >= 0.3 is 0 Å². The summed E-state index contributed by atoms with van der Waals surface area (Å²) in [5.41, 5.74) is 1.98. The van der Waals surface area contributed by atoms with Gasteiger partial charge in [0.05, 0.1) is 12.5 Å². The largest absolute Gasteiger partial charge is 0.504 e. The fourth-order valence-electron chi connectivity index (χ4n) is 4.37. The fraction of sp³-hybridized carbons (Fsp3) is 0.381. The molecule has 0 bridgehead atoms. The van der Waals surface area contributed by atoms with Crippen LogP contribution in [0.2, 0.25) is 0 Å². The zero-order chi connectivity index (χ0) is 21.4. The van der Waals surface area contributed by atoms with E-state index in [2.05, 4.69) is 5.32 Å². The third kappa shape index (κ3) is 3.35. The number of rotatable bonds is 5. The lowest BCUT2D eigenvalue weighted by Gasteiger charge is -2.38. The van der Waals surface area contributed by atoms with E-state index in [1.54, 1.807) is 6.07 Å². The summed E-state index contributed by atoms with van der Waals surface area (Å²) < 4.78 is 10.9. The van der Waals surface area contributed by atoms with Gasteiger partial charge in [-0.15, -0.1) is 0 Å². The molecule has 1 aliphatic carbocycles. The van der Waals surface area contributed by atoms with E-state index in [1.807, 2.05) is 6.07 Å². The minimum atomic E-state index is -0.752. The van der Waals surface area contributed by atoms with Crippen LogP contribution in [0.4, 0.5) is 0 Å². The standard InChI is InChI=1S/C21H23NO8/c23-2-1-22-21(28)19-12(8-24)3-10-6-16-17(30-9-29-16)7-13(10)18(19)11-4-14(25)20(27)15(26)5-11/h4-7,12,18-19,23-27H,1-3,8-9H2,(H,22,28)/t12-,18+,19+/m0/s1. The smallest absolute Gasteiger partial charge is 0.231 e. The topological polar surface area (TPSA) is 149 Å². The van der Waals surface area contributed by atoms with Crippen LogP contribution in [-0.4, -0.2) is 58.0 Å². The van der Waals surface area contributed by atoms with Gasteiger partial charge < -0.3 is 40.3 Å². The Morgan fingerprint density at radius 3 is 2.33 bits per heavy atom. The van der Waals surface area contributed by atoms with Gasteiger partial charge in [-0.2, -0.15) is 0 Å². The number of fused-ring (bicyclic) bond motifs is 2. The number of amides is 1. The molecule has 160 valence electrons. The highest BCUT2D eigenvalue weighted by atomic mass is 16.7. The molecule has 0 radical (unpaired) electrons.